The summed E-state index contributed by atoms with van der Waals surface area (Å²) in [5.41, 5.74) is 10.5. The molecule has 0 fully saturated rings. The van der Waals surface area contributed by atoms with E-state index in [1.54, 1.807) is 6.07 Å². The summed E-state index contributed by atoms with van der Waals surface area (Å²) in [6.07, 6.45) is 0. The number of hydrogen-bond donors (Lipinski definition) is 2. The first-order valence-electron chi connectivity index (χ1n) is 5.16. The fourth-order valence-corrected chi connectivity index (χ4v) is 1.83. The van der Waals surface area contributed by atoms with E-state index in [0.717, 1.165) is 11.1 Å². The molecule has 3 nitrogen and oxygen atoms in total. The Hall–Kier alpha value is -1.42. The molecule has 4 N–H and O–H groups in total. The van der Waals surface area contributed by atoms with Crippen molar-refractivity contribution in [2.24, 2.45) is 11.5 Å². The van der Waals surface area contributed by atoms with Crippen LogP contribution in [0.25, 0.3) is 11.1 Å². The van der Waals surface area contributed by atoms with Crippen LogP contribution in [0, 0.1) is 0 Å². The Morgan fingerprint density at radius 1 is 0.842 bits per heavy atom. The third-order valence-electron chi connectivity index (χ3n) is 2.08. The van der Waals surface area contributed by atoms with Gasteiger partial charge in [0.2, 0.25) is 0 Å². The highest BCUT2D eigenvalue weighted by Crippen LogP contribution is 2.29. The first-order valence-corrected chi connectivity index (χ1v) is 6.29. The van der Waals surface area contributed by atoms with E-state index in [-0.39, 0.29) is 0 Å². The van der Waals surface area contributed by atoms with Gasteiger partial charge < -0.3 is 11.5 Å². The van der Waals surface area contributed by atoms with E-state index in [2.05, 4.69) is 11.5 Å². The van der Waals surface area contributed by atoms with Gasteiger partial charge in [-0.2, -0.15) is 0 Å². The van der Waals surface area contributed by atoms with Crippen LogP contribution in [0.3, 0.4) is 0 Å². The highest BCUT2D eigenvalue weighted by atomic mass is 35.5. The second-order valence-electron chi connectivity index (χ2n) is 3.54. The zero-order valence-corrected chi connectivity index (χ0v) is 12.0. The van der Waals surface area contributed by atoms with Gasteiger partial charge in [0.25, 0.3) is 0 Å². The van der Waals surface area contributed by atoms with E-state index in [1.165, 1.54) is 0 Å². The van der Waals surface area contributed by atoms with Gasteiger partial charge in [-0.1, -0.05) is 53.0 Å². The van der Waals surface area contributed by atoms with Crippen LogP contribution in [-0.2, 0) is 0 Å². The zero-order chi connectivity index (χ0) is 14.4. The molecule has 2 aromatic carbocycles. The quantitative estimate of drug-likeness (QED) is 0.807. The topological polar surface area (TPSA) is 69.1 Å². The number of urea groups is 1. The normalized spacial score (nSPS) is 9.42. The largest absolute Gasteiger partial charge is 0.352 e. The third kappa shape index (κ3) is 5.39. The van der Waals surface area contributed by atoms with Crippen LogP contribution in [0.4, 0.5) is 4.79 Å². The smallest absolute Gasteiger partial charge is 0.309 e. The molecule has 0 aliphatic heterocycles. The van der Waals surface area contributed by atoms with Crippen molar-refractivity contribution in [2.75, 3.05) is 0 Å². The van der Waals surface area contributed by atoms with Crippen LogP contribution in [0.15, 0.2) is 42.5 Å². The molecule has 2 aromatic rings. The van der Waals surface area contributed by atoms with Gasteiger partial charge in [0.1, 0.15) is 0 Å². The summed E-state index contributed by atoms with van der Waals surface area (Å²) in [5, 5.41) is 1.81. The average molecular weight is 318 g/mol. The van der Waals surface area contributed by atoms with Crippen molar-refractivity contribution >= 4 is 40.8 Å². The molecular formula is C13H11Cl3N2O. The minimum atomic E-state index is -0.833. The van der Waals surface area contributed by atoms with Crippen molar-refractivity contribution in [3.63, 3.8) is 0 Å². The number of carbonyl (C=O) groups excluding carboxylic acids is 1. The molecule has 0 aliphatic carbocycles. The van der Waals surface area contributed by atoms with Gasteiger partial charge in [-0.3, -0.25) is 0 Å². The summed E-state index contributed by atoms with van der Waals surface area (Å²) in [7, 11) is 0. The molecule has 0 aromatic heterocycles. The first-order chi connectivity index (χ1) is 8.90. The van der Waals surface area contributed by atoms with Crippen LogP contribution in [0.5, 0.6) is 0 Å². The van der Waals surface area contributed by atoms with E-state index in [0.29, 0.717) is 15.1 Å². The van der Waals surface area contributed by atoms with E-state index in [4.69, 9.17) is 39.6 Å². The molecule has 2 rings (SSSR count). The highest BCUT2D eigenvalue weighted by molar-refractivity contribution is 6.42. The maximum absolute atomic E-state index is 9.00. The summed E-state index contributed by atoms with van der Waals surface area (Å²) in [4.78, 5) is 9.00. The third-order valence-corrected chi connectivity index (χ3v) is 3.05. The Balaban J connectivity index is 0.000000399. The number of hydrogen-bond acceptors (Lipinski definition) is 1. The summed E-state index contributed by atoms with van der Waals surface area (Å²) in [6, 6.07) is 12.3. The molecule has 100 valence electrons. The van der Waals surface area contributed by atoms with Gasteiger partial charge in [0.05, 0.1) is 10.0 Å². The minimum Gasteiger partial charge on any atom is -0.352 e. The van der Waals surface area contributed by atoms with Crippen molar-refractivity contribution in [1.82, 2.24) is 0 Å². The van der Waals surface area contributed by atoms with Gasteiger partial charge in [-0.25, -0.2) is 4.79 Å². The van der Waals surface area contributed by atoms with Gasteiger partial charge >= 0.3 is 6.03 Å². The predicted octanol–water partition coefficient (Wildman–Crippen LogP) is 4.34. The number of rotatable bonds is 1. The molecule has 0 saturated carbocycles. The summed E-state index contributed by atoms with van der Waals surface area (Å²) in [5.74, 6) is 0. The minimum absolute atomic E-state index is 0.550. The Morgan fingerprint density at radius 2 is 1.42 bits per heavy atom. The van der Waals surface area contributed by atoms with Crippen LogP contribution < -0.4 is 11.5 Å². The molecule has 0 saturated heterocycles. The fraction of sp³-hybridized carbons (Fsp3) is 0. The predicted molar refractivity (Wildman–Crippen MR) is 80.7 cm³/mol. The number of amides is 2. The Kier molecular flexibility index (Phi) is 5.96. The monoisotopic (exact) mass is 316 g/mol. The lowest BCUT2D eigenvalue weighted by atomic mass is 10.1. The molecule has 0 unspecified atom stereocenters. The van der Waals surface area contributed by atoms with Gasteiger partial charge in [-0.15, -0.1) is 0 Å². The maximum atomic E-state index is 9.00. The van der Waals surface area contributed by atoms with E-state index >= 15 is 0 Å². The summed E-state index contributed by atoms with van der Waals surface area (Å²) < 4.78 is 0. The van der Waals surface area contributed by atoms with Crippen LogP contribution in [0.2, 0.25) is 15.1 Å². The number of primary amides is 2. The molecule has 0 bridgehead atoms. The van der Waals surface area contributed by atoms with Crippen LogP contribution in [-0.4, -0.2) is 6.03 Å². The lowest BCUT2D eigenvalue weighted by molar-refractivity contribution is 0.256. The lowest BCUT2D eigenvalue weighted by Gasteiger charge is -2.03. The molecule has 6 heteroatoms. The van der Waals surface area contributed by atoms with Gasteiger partial charge in [0, 0.05) is 5.02 Å². The molecule has 0 atom stereocenters. The van der Waals surface area contributed by atoms with Crippen LogP contribution >= 0.6 is 34.8 Å². The number of carbonyl (C=O) groups is 1. The molecule has 0 heterocycles. The number of halogens is 3. The molecule has 2 amide bonds. The SMILES string of the molecule is Clc1cccc(-c2ccc(Cl)c(Cl)c2)c1.NC(N)=O. The van der Waals surface area contributed by atoms with Crippen molar-refractivity contribution < 1.29 is 4.79 Å². The van der Waals surface area contributed by atoms with E-state index in [1.807, 2.05) is 36.4 Å². The summed E-state index contributed by atoms with van der Waals surface area (Å²) >= 11 is 17.7. The number of nitrogens with two attached hydrogens (primary N) is 2. The molecule has 0 spiro atoms. The van der Waals surface area contributed by atoms with Gasteiger partial charge in [-0.05, 0) is 35.4 Å². The molecule has 0 radical (unpaired) electrons. The van der Waals surface area contributed by atoms with E-state index in [9.17, 15) is 0 Å². The van der Waals surface area contributed by atoms with Crippen molar-refractivity contribution in [3.05, 3.63) is 57.5 Å². The Labute approximate surface area is 126 Å². The molecule has 19 heavy (non-hydrogen) atoms. The first kappa shape index (κ1) is 15.6. The Bertz CT molecular complexity index is 584. The second kappa shape index (κ2) is 7.24. The average Bonchev–Trinajstić information content (AvgIpc) is 2.32. The lowest BCUT2D eigenvalue weighted by Crippen LogP contribution is -2.18. The second-order valence-corrected chi connectivity index (χ2v) is 4.79. The Morgan fingerprint density at radius 3 is 1.95 bits per heavy atom. The molecule has 0 aliphatic rings. The van der Waals surface area contributed by atoms with Gasteiger partial charge in [0.15, 0.2) is 0 Å². The van der Waals surface area contributed by atoms with Crippen molar-refractivity contribution in [3.8, 4) is 11.1 Å². The molecular weight excluding hydrogens is 307 g/mol. The number of benzene rings is 2. The zero-order valence-electron chi connectivity index (χ0n) is 9.74. The van der Waals surface area contributed by atoms with Crippen molar-refractivity contribution in [1.29, 1.82) is 0 Å². The highest BCUT2D eigenvalue weighted by Gasteiger charge is 2.02. The summed E-state index contributed by atoms with van der Waals surface area (Å²) in [6.45, 7) is 0. The van der Waals surface area contributed by atoms with Crippen LogP contribution in [0.1, 0.15) is 0 Å². The van der Waals surface area contributed by atoms with Crippen molar-refractivity contribution in [2.45, 2.75) is 0 Å². The maximum Gasteiger partial charge on any atom is 0.309 e. The van der Waals surface area contributed by atoms with E-state index < -0.39 is 6.03 Å². The fourth-order valence-electron chi connectivity index (χ4n) is 1.34. The standard InChI is InChI=1S/C12H7Cl3.CH4N2O/c13-10-3-1-2-8(6-10)9-4-5-11(14)12(15)7-9;2-1(3)4/h1-7H;(H4,2,3,4).